The fourth-order valence-corrected chi connectivity index (χ4v) is 2.12. The van der Waals surface area contributed by atoms with Crippen LogP contribution in [0, 0.1) is 0 Å². The van der Waals surface area contributed by atoms with Gasteiger partial charge in [0.25, 0.3) is 0 Å². The van der Waals surface area contributed by atoms with Gasteiger partial charge in [-0.1, -0.05) is 61.4 Å². The molecule has 0 rings (SSSR count). The minimum absolute atomic E-state index is 0.189. The van der Waals surface area contributed by atoms with Crippen molar-refractivity contribution in [2.75, 3.05) is 25.1 Å². The number of rotatable bonds is 14. The Balaban J connectivity index is 3.13. The monoisotopic (exact) mass is 335 g/mol. The van der Waals surface area contributed by atoms with Gasteiger partial charge in [-0.05, 0) is 12.8 Å². The molecule has 1 amide bonds. The first-order valence-corrected chi connectivity index (χ1v) is 8.83. The lowest BCUT2D eigenvalue weighted by molar-refractivity contribution is -0.121. The zero-order valence-electron chi connectivity index (χ0n) is 12.4. The van der Waals surface area contributed by atoms with Gasteiger partial charge in [0, 0.05) is 24.9 Å². The van der Waals surface area contributed by atoms with Gasteiger partial charge < -0.3 is 10.1 Å². The molecular weight excluding hydrogens is 306 g/mol. The van der Waals surface area contributed by atoms with Crippen molar-refractivity contribution in [2.24, 2.45) is 0 Å². The summed E-state index contributed by atoms with van der Waals surface area (Å²) in [4.78, 5) is 11.5. The summed E-state index contributed by atoms with van der Waals surface area (Å²) >= 11 is 3.30. The quantitative estimate of drug-likeness (QED) is 0.384. The van der Waals surface area contributed by atoms with Crippen molar-refractivity contribution < 1.29 is 9.53 Å². The van der Waals surface area contributed by atoms with Gasteiger partial charge in [0.05, 0.1) is 6.61 Å². The van der Waals surface area contributed by atoms with Crippen LogP contribution in [0.25, 0.3) is 0 Å². The molecule has 0 fully saturated rings. The van der Waals surface area contributed by atoms with Crippen LogP contribution >= 0.6 is 15.9 Å². The van der Waals surface area contributed by atoms with Gasteiger partial charge >= 0.3 is 0 Å². The highest BCUT2D eigenvalue weighted by Gasteiger charge is 2.00. The third kappa shape index (κ3) is 15.9. The van der Waals surface area contributed by atoms with Crippen molar-refractivity contribution in [3.8, 4) is 0 Å². The fourth-order valence-electron chi connectivity index (χ4n) is 1.89. The van der Waals surface area contributed by atoms with Crippen LogP contribution in [-0.4, -0.2) is 31.0 Å². The molecule has 114 valence electrons. The van der Waals surface area contributed by atoms with Crippen LogP contribution in [0.5, 0.6) is 0 Å². The molecule has 0 heterocycles. The second-order valence-corrected chi connectivity index (χ2v) is 5.67. The lowest BCUT2D eigenvalue weighted by Crippen LogP contribution is -2.24. The number of nitrogens with one attached hydrogen (secondary N) is 1. The van der Waals surface area contributed by atoms with E-state index in [-0.39, 0.29) is 5.91 Å². The van der Waals surface area contributed by atoms with Crippen LogP contribution < -0.4 is 5.32 Å². The lowest BCUT2D eigenvalue weighted by Gasteiger charge is -2.05. The highest BCUT2D eigenvalue weighted by Crippen LogP contribution is 2.08. The number of carbonyl (C=O) groups is 1. The Hall–Kier alpha value is -0.0900. The molecule has 0 aliphatic rings. The Morgan fingerprint density at radius 2 is 1.68 bits per heavy atom. The van der Waals surface area contributed by atoms with E-state index in [9.17, 15) is 4.79 Å². The smallest absolute Gasteiger partial charge is 0.219 e. The van der Waals surface area contributed by atoms with Crippen LogP contribution in [0.15, 0.2) is 0 Å². The minimum atomic E-state index is 0.189. The van der Waals surface area contributed by atoms with Crippen molar-refractivity contribution in [1.29, 1.82) is 0 Å². The Bertz CT molecular complexity index is 201. The molecule has 0 aliphatic carbocycles. The lowest BCUT2D eigenvalue weighted by atomic mass is 10.1. The molecule has 0 aromatic rings. The number of alkyl halides is 1. The molecule has 0 atom stereocenters. The number of ether oxygens (including phenoxy) is 1. The van der Waals surface area contributed by atoms with E-state index in [4.69, 9.17) is 4.74 Å². The van der Waals surface area contributed by atoms with Crippen molar-refractivity contribution in [3.05, 3.63) is 0 Å². The molecule has 0 aliphatic heterocycles. The van der Waals surface area contributed by atoms with Crippen molar-refractivity contribution in [1.82, 2.24) is 5.32 Å². The molecule has 0 aromatic heterocycles. The normalized spacial score (nSPS) is 10.6. The van der Waals surface area contributed by atoms with Gasteiger partial charge in [-0.15, -0.1) is 0 Å². The summed E-state index contributed by atoms with van der Waals surface area (Å²) in [6.45, 7) is 4.43. The predicted octanol–water partition coefficient (Wildman–Crippen LogP) is 4.04. The Morgan fingerprint density at radius 1 is 1.00 bits per heavy atom. The first-order chi connectivity index (χ1) is 9.31. The molecule has 0 bridgehead atoms. The summed E-state index contributed by atoms with van der Waals surface area (Å²) in [6.07, 6.45) is 10.4. The summed E-state index contributed by atoms with van der Waals surface area (Å²) < 4.78 is 5.31. The molecular formula is C15H30BrNO2. The number of carbonyl (C=O) groups excluding carboxylic acids is 1. The average molecular weight is 336 g/mol. The first-order valence-electron chi connectivity index (χ1n) is 7.71. The molecule has 1 N–H and O–H groups in total. The zero-order valence-corrected chi connectivity index (χ0v) is 14.0. The van der Waals surface area contributed by atoms with Crippen LogP contribution in [0.1, 0.15) is 64.7 Å². The van der Waals surface area contributed by atoms with E-state index in [0.29, 0.717) is 6.42 Å². The van der Waals surface area contributed by atoms with Gasteiger partial charge in [0.2, 0.25) is 5.91 Å². The minimum Gasteiger partial charge on any atom is -0.381 e. The number of halogens is 1. The summed E-state index contributed by atoms with van der Waals surface area (Å²) in [5.74, 6) is 0.189. The number of unbranched alkanes of at least 4 members (excludes halogenated alkanes) is 6. The maximum Gasteiger partial charge on any atom is 0.219 e. The molecule has 0 saturated heterocycles. The molecule has 0 unspecified atom stereocenters. The van der Waals surface area contributed by atoms with Crippen molar-refractivity contribution in [3.63, 3.8) is 0 Å². The molecule has 0 spiro atoms. The summed E-state index contributed by atoms with van der Waals surface area (Å²) in [6, 6.07) is 0. The van der Waals surface area contributed by atoms with Crippen LogP contribution in [0.2, 0.25) is 0 Å². The van der Waals surface area contributed by atoms with Gasteiger partial charge in [-0.25, -0.2) is 0 Å². The molecule has 0 radical (unpaired) electrons. The largest absolute Gasteiger partial charge is 0.381 e. The van der Waals surface area contributed by atoms with Gasteiger partial charge in [-0.2, -0.15) is 0 Å². The zero-order chi connectivity index (χ0) is 14.2. The Labute approximate surface area is 127 Å². The summed E-state index contributed by atoms with van der Waals surface area (Å²) in [7, 11) is 0. The van der Waals surface area contributed by atoms with E-state index in [1.165, 1.54) is 38.5 Å². The number of hydrogen-bond acceptors (Lipinski definition) is 2. The van der Waals surface area contributed by atoms with Crippen molar-refractivity contribution in [2.45, 2.75) is 64.7 Å². The Kier molecular flexibility index (Phi) is 15.9. The molecule has 4 heteroatoms. The topological polar surface area (TPSA) is 38.3 Å². The SMILES string of the molecule is CCCCCCCCCC(=O)NCCCOCCBr. The fraction of sp³-hybridized carbons (Fsp3) is 0.933. The maximum atomic E-state index is 11.5. The highest BCUT2D eigenvalue weighted by atomic mass is 79.9. The van der Waals surface area contributed by atoms with E-state index in [0.717, 1.165) is 37.9 Å². The molecule has 0 aromatic carbocycles. The van der Waals surface area contributed by atoms with Gasteiger partial charge in [0.1, 0.15) is 0 Å². The molecule has 19 heavy (non-hydrogen) atoms. The third-order valence-electron chi connectivity index (χ3n) is 3.02. The highest BCUT2D eigenvalue weighted by molar-refractivity contribution is 9.09. The van der Waals surface area contributed by atoms with Gasteiger partial charge in [-0.3, -0.25) is 4.79 Å². The Morgan fingerprint density at radius 3 is 2.37 bits per heavy atom. The van der Waals surface area contributed by atoms with E-state index in [1.807, 2.05) is 0 Å². The first kappa shape index (κ1) is 18.9. The standard InChI is InChI=1S/C15H30BrNO2/c1-2-3-4-5-6-7-8-10-15(18)17-12-9-13-19-14-11-16/h2-14H2,1H3,(H,17,18). The second-order valence-electron chi connectivity index (χ2n) is 4.88. The summed E-state index contributed by atoms with van der Waals surface area (Å²) in [5, 5.41) is 3.81. The van der Waals surface area contributed by atoms with Crippen LogP contribution in [-0.2, 0) is 9.53 Å². The third-order valence-corrected chi connectivity index (χ3v) is 3.34. The predicted molar refractivity (Wildman–Crippen MR) is 84.8 cm³/mol. The maximum absolute atomic E-state index is 11.5. The number of hydrogen-bond donors (Lipinski definition) is 1. The van der Waals surface area contributed by atoms with E-state index >= 15 is 0 Å². The van der Waals surface area contributed by atoms with E-state index in [1.54, 1.807) is 0 Å². The molecule has 3 nitrogen and oxygen atoms in total. The number of amides is 1. The van der Waals surface area contributed by atoms with Crippen LogP contribution in [0.4, 0.5) is 0 Å². The molecule has 0 saturated carbocycles. The van der Waals surface area contributed by atoms with E-state index < -0.39 is 0 Å². The average Bonchev–Trinajstić information content (AvgIpc) is 2.41. The van der Waals surface area contributed by atoms with Crippen LogP contribution in [0.3, 0.4) is 0 Å². The second kappa shape index (κ2) is 16.0. The summed E-state index contributed by atoms with van der Waals surface area (Å²) in [5.41, 5.74) is 0. The van der Waals surface area contributed by atoms with E-state index in [2.05, 4.69) is 28.2 Å². The van der Waals surface area contributed by atoms with Gasteiger partial charge in [0.15, 0.2) is 0 Å². The van der Waals surface area contributed by atoms with Crippen molar-refractivity contribution >= 4 is 21.8 Å².